The van der Waals surface area contributed by atoms with E-state index in [1.165, 1.54) is 52.1 Å². The quantitative estimate of drug-likeness (QED) is 0.352. The normalized spacial score (nSPS) is 23.1. The molecule has 0 aliphatic carbocycles. The Morgan fingerprint density at radius 1 is 1.00 bits per heavy atom. The average Bonchev–Trinajstić information content (AvgIpc) is 2.89. The van der Waals surface area contributed by atoms with Gasteiger partial charge in [-0.2, -0.15) is 0 Å². The molecule has 0 unspecified atom stereocenters. The molecule has 0 bridgehead atoms. The number of rotatable bonds is 14. The molecule has 154 valence electrons. The molecule has 3 atom stereocenters. The molecule has 0 amide bonds. The zero-order valence-electron chi connectivity index (χ0n) is 17.3. The van der Waals surface area contributed by atoms with Crippen LogP contribution in [-0.2, 0) is 19.0 Å². The molecule has 5 heteroatoms. The number of methoxy groups -OCH3 is 1. The van der Waals surface area contributed by atoms with Crippen molar-refractivity contribution < 1.29 is 24.1 Å². The third-order valence-corrected chi connectivity index (χ3v) is 5.04. The monoisotopic (exact) mass is 372 g/mol. The third kappa shape index (κ3) is 9.89. The first-order chi connectivity index (χ1) is 12.4. The number of carbonyl (C=O) groups is 1. The van der Waals surface area contributed by atoms with Crippen molar-refractivity contribution in [3.8, 4) is 0 Å². The highest BCUT2D eigenvalue weighted by Crippen LogP contribution is 2.33. The highest BCUT2D eigenvalue weighted by molar-refractivity contribution is 5.69. The Hall–Kier alpha value is -0.650. The van der Waals surface area contributed by atoms with Crippen LogP contribution in [0.3, 0.4) is 0 Å². The number of ether oxygens (including phenoxy) is 3. The lowest BCUT2D eigenvalue weighted by molar-refractivity contribution is -0.148. The number of unbranched alkanes of at least 4 members (excludes halogenated alkanes) is 7. The minimum Gasteiger partial charge on any atom is -0.469 e. The lowest BCUT2D eigenvalue weighted by Gasteiger charge is -2.18. The summed E-state index contributed by atoms with van der Waals surface area (Å²) >= 11 is 0. The Morgan fingerprint density at radius 3 is 2.12 bits per heavy atom. The molecule has 0 radical (unpaired) electrons. The molecular weight excluding hydrogens is 332 g/mol. The second kappa shape index (κ2) is 12.7. The molecular formula is C21H40O5. The summed E-state index contributed by atoms with van der Waals surface area (Å²) in [5, 5.41) is 9.96. The van der Waals surface area contributed by atoms with Crippen LogP contribution in [0.25, 0.3) is 0 Å². The number of aliphatic hydroxyl groups excluding tert-OH is 1. The molecule has 0 aromatic heterocycles. The molecule has 1 aliphatic rings. The SMILES string of the molecule is CCCCCCCCCC[C@@H]1OC(C)(C)O[C@H]1CC[C@@H](O)CC(=O)OC. The summed E-state index contributed by atoms with van der Waals surface area (Å²) < 4.78 is 16.7. The van der Waals surface area contributed by atoms with Crippen molar-refractivity contribution in [2.75, 3.05) is 7.11 Å². The maximum Gasteiger partial charge on any atom is 0.308 e. The first kappa shape index (κ1) is 23.4. The lowest BCUT2D eigenvalue weighted by Crippen LogP contribution is -2.25. The standard InChI is InChI=1S/C21H40O5/c1-5-6-7-8-9-10-11-12-13-18-19(26-21(2,3)25-18)15-14-17(22)16-20(23)24-4/h17-19,22H,5-16H2,1-4H3/t17-,18+,19+/m1/s1. The van der Waals surface area contributed by atoms with Crippen molar-refractivity contribution in [2.24, 2.45) is 0 Å². The van der Waals surface area contributed by atoms with Crippen molar-refractivity contribution in [1.82, 2.24) is 0 Å². The van der Waals surface area contributed by atoms with Gasteiger partial charge in [-0.1, -0.05) is 58.3 Å². The van der Waals surface area contributed by atoms with Crippen molar-refractivity contribution in [3.63, 3.8) is 0 Å². The van der Waals surface area contributed by atoms with Gasteiger partial charge >= 0.3 is 5.97 Å². The van der Waals surface area contributed by atoms with Gasteiger partial charge in [-0.05, 0) is 33.1 Å². The van der Waals surface area contributed by atoms with Crippen LogP contribution in [0.1, 0.15) is 97.8 Å². The largest absolute Gasteiger partial charge is 0.469 e. The lowest BCUT2D eigenvalue weighted by atomic mass is 9.99. The van der Waals surface area contributed by atoms with E-state index in [-0.39, 0.29) is 24.6 Å². The van der Waals surface area contributed by atoms with Crippen LogP contribution in [0.2, 0.25) is 0 Å². The van der Waals surface area contributed by atoms with Gasteiger partial charge in [0, 0.05) is 0 Å². The minimum absolute atomic E-state index is 0.0122. The number of carbonyl (C=O) groups excluding carboxylic acids is 1. The van der Waals surface area contributed by atoms with Crippen molar-refractivity contribution in [2.45, 2.75) is 122 Å². The Labute approximate surface area is 159 Å². The Balaban J connectivity index is 2.25. The van der Waals surface area contributed by atoms with Crippen LogP contribution in [-0.4, -0.2) is 42.3 Å². The summed E-state index contributed by atoms with van der Waals surface area (Å²) in [6.45, 7) is 6.13. The summed E-state index contributed by atoms with van der Waals surface area (Å²) in [5.41, 5.74) is 0. The molecule has 0 aromatic carbocycles. The van der Waals surface area contributed by atoms with Crippen molar-refractivity contribution in [3.05, 3.63) is 0 Å². The predicted molar refractivity (Wildman–Crippen MR) is 103 cm³/mol. The molecule has 0 saturated carbocycles. The molecule has 1 N–H and O–H groups in total. The molecule has 1 saturated heterocycles. The first-order valence-electron chi connectivity index (χ1n) is 10.5. The van der Waals surface area contributed by atoms with E-state index in [0.717, 1.165) is 12.8 Å². The van der Waals surface area contributed by atoms with E-state index < -0.39 is 11.9 Å². The predicted octanol–water partition coefficient (Wildman–Crippen LogP) is 4.74. The van der Waals surface area contributed by atoms with Gasteiger partial charge in [0.1, 0.15) is 0 Å². The third-order valence-electron chi connectivity index (χ3n) is 5.04. The maximum atomic E-state index is 11.2. The van der Waals surface area contributed by atoms with Gasteiger partial charge in [-0.3, -0.25) is 4.79 Å². The molecule has 1 aliphatic heterocycles. The van der Waals surface area contributed by atoms with Gasteiger partial charge in [0.15, 0.2) is 5.79 Å². The van der Waals surface area contributed by atoms with Gasteiger partial charge in [0.2, 0.25) is 0 Å². The number of hydrogen-bond donors (Lipinski definition) is 1. The fourth-order valence-electron chi connectivity index (χ4n) is 3.61. The number of hydrogen-bond acceptors (Lipinski definition) is 5. The van der Waals surface area contributed by atoms with E-state index in [2.05, 4.69) is 11.7 Å². The number of aliphatic hydroxyl groups is 1. The Morgan fingerprint density at radius 2 is 1.54 bits per heavy atom. The molecule has 26 heavy (non-hydrogen) atoms. The average molecular weight is 373 g/mol. The molecule has 1 heterocycles. The maximum absolute atomic E-state index is 11.2. The number of esters is 1. The van der Waals surface area contributed by atoms with Crippen molar-refractivity contribution >= 4 is 5.97 Å². The summed E-state index contributed by atoms with van der Waals surface area (Å²) in [6, 6.07) is 0. The van der Waals surface area contributed by atoms with E-state index in [1.54, 1.807) is 0 Å². The van der Waals surface area contributed by atoms with Crippen LogP contribution in [0.15, 0.2) is 0 Å². The van der Waals surface area contributed by atoms with Crippen LogP contribution in [0.5, 0.6) is 0 Å². The van der Waals surface area contributed by atoms with E-state index in [0.29, 0.717) is 12.8 Å². The molecule has 5 nitrogen and oxygen atoms in total. The fourth-order valence-corrected chi connectivity index (χ4v) is 3.61. The first-order valence-corrected chi connectivity index (χ1v) is 10.5. The van der Waals surface area contributed by atoms with Crippen LogP contribution in [0, 0.1) is 0 Å². The van der Waals surface area contributed by atoms with Gasteiger partial charge in [0.25, 0.3) is 0 Å². The second-order valence-corrected chi connectivity index (χ2v) is 7.99. The van der Waals surface area contributed by atoms with Crippen LogP contribution >= 0.6 is 0 Å². The van der Waals surface area contributed by atoms with Crippen molar-refractivity contribution in [1.29, 1.82) is 0 Å². The second-order valence-electron chi connectivity index (χ2n) is 7.99. The van der Waals surface area contributed by atoms with E-state index >= 15 is 0 Å². The Bertz CT molecular complexity index is 383. The summed E-state index contributed by atoms with van der Waals surface area (Å²) in [7, 11) is 1.34. The molecule has 0 aromatic rings. The summed E-state index contributed by atoms with van der Waals surface area (Å²) in [5.74, 6) is -0.945. The van der Waals surface area contributed by atoms with Gasteiger partial charge in [-0.25, -0.2) is 0 Å². The van der Waals surface area contributed by atoms with Crippen LogP contribution < -0.4 is 0 Å². The van der Waals surface area contributed by atoms with E-state index in [4.69, 9.17) is 9.47 Å². The molecule has 1 rings (SSSR count). The highest BCUT2D eigenvalue weighted by atomic mass is 16.7. The smallest absolute Gasteiger partial charge is 0.308 e. The topological polar surface area (TPSA) is 65.0 Å². The van der Waals surface area contributed by atoms with Gasteiger partial charge < -0.3 is 19.3 Å². The zero-order valence-corrected chi connectivity index (χ0v) is 17.3. The molecule has 1 fully saturated rings. The summed E-state index contributed by atoms with van der Waals surface area (Å²) in [4.78, 5) is 11.2. The fraction of sp³-hybridized carbons (Fsp3) is 0.952. The van der Waals surface area contributed by atoms with E-state index in [1.807, 2.05) is 13.8 Å². The Kier molecular flexibility index (Phi) is 11.4. The highest BCUT2D eigenvalue weighted by Gasteiger charge is 2.40. The zero-order chi connectivity index (χ0) is 19.4. The van der Waals surface area contributed by atoms with Gasteiger partial charge in [-0.15, -0.1) is 0 Å². The summed E-state index contributed by atoms with van der Waals surface area (Å²) in [6.07, 6.45) is 12.0. The van der Waals surface area contributed by atoms with Crippen LogP contribution in [0.4, 0.5) is 0 Å². The molecule has 0 spiro atoms. The minimum atomic E-state index is -0.682. The van der Waals surface area contributed by atoms with Gasteiger partial charge in [0.05, 0.1) is 31.8 Å². The van der Waals surface area contributed by atoms with E-state index in [9.17, 15) is 9.90 Å².